The number of halogens is 1. The number of carbonyl (C=O) groups excluding carboxylic acids is 1. The van der Waals surface area contributed by atoms with Gasteiger partial charge in [0.2, 0.25) is 0 Å². The van der Waals surface area contributed by atoms with Gasteiger partial charge in [0.1, 0.15) is 5.82 Å². The molecule has 1 aromatic rings. The van der Waals surface area contributed by atoms with Crippen molar-refractivity contribution in [3.8, 4) is 0 Å². The lowest BCUT2D eigenvalue weighted by atomic mass is 10.1. The van der Waals surface area contributed by atoms with Crippen LogP contribution < -0.4 is 10.6 Å². The number of carbonyl (C=O) groups is 1. The molecule has 0 unspecified atom stereocenters. The fourth-order valence-corrected chi connectivity index (χ4v) is 2.23. The van der Waals surface area contributed by atoms with Crippen LogP contribution in [0.25, 0.3) is 0 Å². The van der Waals surface area contributed by atoms with Crippen LogP contribution >= 0.6 is 0 Å². The van der Waals surface area contributed by atoms with Gasteiger partial charge in [-0.25, -0.2) is 9.18 Å². The van der Waals surface area contributed by atoms with Crippen molar-refractivity contribution in [3.05, 3.63) is 24.3 Å². The third-order valence-electron chi connectivity index (χ3n) is 3.23. The summed E-state index contributed by atoms with van der Waals surface area (Å²) in [5.41, 5.74) is 0.349. The van der Waals surface area contributed by atoms with Gasteiger partial charge in [-0.15, -0.1) is 0 Å². The molecule has 2 N–H and O–H groups in total. The van der Waals surface area contributed by atoms with Crippen molar-refractivity contribution in [1.82, 2.24) is 10.3 Å². The highest BCUT2D eigenvalue weighted by Crippen LogP contribution is 2.17. The van der Waals surface area contributed by atoms with E-state index < -0.39 is 5.82 Å². The first-order valence-corrected chi connectivity index (χ1v) is 7.01. The van der Waals surface area contributed by atoms with E-state index in [0.717, 1.165) is 44.9 Å². The first-order chi connectivity index (χ1) is 9.74. The standard InChI is InChI=1S/C14H20FN3O2/c15-11-8-12(10-16-9-11)18-14(19)17-6-2-1-4-13-5-3-7-20-13/h8-10,13H,1-7H2,(H2,17,18,19)/t13-/m0/s1. The summed E-state index contributed by atoms with van der Waals surface area (Å²) >= 11 is 0. The van der Waals surface area contributed by atoms with Gasteiger partial charge in [-0.05, 0) is 32.1 Å². The van der Waals surface area contributed by atoms with Crippen LogP contribution in [0.15, 0.2) is 18.5 Å². The minimum absolute atomic E-state index is 0.338. The number of unbranched alkanes of at least 4 members (excludes halogenated alkanes) is 1. The Morgan fingerprint density at radius 1 is 1.45 bits per heavy atom. The normalized spacial score (nSPS) is 17.9. The molecule has 6 heteroatoms. The molecule has 1 aliphatic heterocycles. The lowest BCUT2D eigenvalue weighted by Crippen LogP contribution is -2.29. The largest absolute Gasteiger partial charge is 0.378 e. The van der Waals surface area contributed by atoms with E-state index >= 15 is 0 Å². The van der Waals surface area contributed by atoms with Crippen LogP contribution in [0.4, 0.5) is 14.9 Å². The third kappa shape index (κ3) is 5.13. The first-order valence-electron chi connectivity index (χ1n) is 7.01. The van der Waals surface area contributed by atoms with E-state index in [9.17, 15) is 9.18 Å². The number of amides is 2. The van der Waals surface area contributed by atoms with Crippen molar-refractivity contribution in [2.24, 2.45) is 0 Å². The Balaban J connectivity index is 1.55. The Bertz CT molecular complexity index is 436. The monoisotopic (exact) mass is 281 g/mol. The SMILES string of the molecule is O=C(NCCCC[C@H]1CCCO1)Nc1cncc(F)c1. The number of hydrogen-bond acceptors (Lipinski definition) is 3. The lowest BCUT2D eigenvalue weighted by Gasteiger charge is -2.09. The van der Waals surface area contributed by atoms with Crippen molar-refractivity contribution in [1.29, 1.82) is 0 Å². The Kier molecular flexibility index (Phi) is 5.73. The Hall–Kier alpha value is -1.69. The summed E-state index contributed by atoms with van der Waals surface area (Å²) in [4.78, 5) is 15.2. The third-order valence-corrected chi connectivity index (χ3v) is 3.23. The zero-order valence-electron chi connectivity index (χ0n) is 11.4. The highest BCUT2D eigenvalue weighted by Gasteiger charge is 2.14. The van der Waals surface area contributed by atoms with Crippen LogP contribution in [0.3, 0.4) is 0 Å². The molecule has 2 rings (SSSR count). The Morgan fingerprint density at radius 3 is 3.10 bits per heavy atom. The van der Waals surface area contributed by atoms with Crippen LogP contribution in [-0.4, -0.2) is 30.3 Å². The van der Waals surface area contributed by atoms with Crippen LogP contribution in [0.1, 0.15) is 32.1 Å². The van der Waals surface area contributed by atoms with Gasteiger partial charge >= 0.3 is 6.03 Å². The van der Waals surface area contributed by atoms with E-state index in [2.05, 4.69) is 15.6 Å². The summed E-state index contributed by atoms with van der Waals surface area (Å²) in [6.45, 7) is 1.48. The molecule has 0 aromatic carbocycles. The Labute approximate surface area is 117 Å². The second kappa shape index (κ2) is 7.79. The minimum Gasteiger partial charge on any atom is -0.378 e. The summed E-state index contributed by atoms with van der Waals surface area (Å²) in [7, 11) is 0. The molecule has 2 heterocycles. The van der Waals surface area contributed by atoms with Gasteiger partial charge in [-0.1, -0.05) is 0 Å². The molecular formula is C14H20FN3O2. The molecule has 0 bridgehead atoms. The molecule has 1 aromatic heterocycles. The van der Waals surface area contributed by atoms with Crippen LogP contribution in [0.5, 0.6) is 0 Å². The number of aromatic nitrogens is 1. The molecule has 0 aliphatic carbocycles. The van der Waals surface area contributed by atoms with Crippen molar-refractivity contribution in [2.75, 3.05) is 18.5 Å². The maximum absolute atomic E-state index is 12.9. The predicted molar refractivity (Wildman–Crippen MR) is 74.0 cm³/mol. The van der Waals surface area contributed by atoms with Gasteiger partial charge < -0.3 is 15.4 Å². The van der Waals surface area contributed by atoms with Crippen LogP contribution in [0, 0.1) is 5.82 Å². The van der Waals surface area contributed by atoms with Crippen LogP contribution in [-0.2, 0) is 4.74 Å². The lowest BCUT2D eigenvalue weighted by molar-refractivity contribution is 0.102. The smallest absolute Gasteiger partial charge is 0.319 e. The van der Waals surface area contributed by atoms with E-state index in [0.29, 0.717) is 18.3 Å². The second-order valence-corrected chi connectivity index (χ2v) is 4.90. The summed E-state index contributed by atoms with van der Waals surface area (Å²) < 4.78 is 18.4. The zero-order valence-corrected chi connectivity index (χ0v) is 11.4. The molecule has 5 nitrogen and oxygen atoms in total. The quantitative estimate of drug-likeness (QED) is 0.788. The summed E-state index contributed by atoms with van der Waals surface area (Å²) in [5, 5.41) is 5.27. The van der Waals surface area contributed by atoms with E-state index in [-0.39, 0.29) is 6.03 Å². The molecule has 20 heavy (non-hydrogen) atoms. The number of ether oxygens (including phenoxy) is 1. The van der Waals surface area contributed by atoms with Crippen LogP contribution in [0.2, 0.25) is 0 Å². The molecule has 2 amide bonds. The highest BCUT2D eigenvalue weighted by atomic mass is 19.1. The average Bonchev–Trinajstić information content (AvgIpc) is 2.91. The van der Waals surface area contributed by atoms with Gasteiger partial charge in [0, 0.05) is 19.2 Å². The van der Waals surface area contributed by atoms with E-state index in [1.54, 1.807) is 0 Å². The molecule has 110 valence electrons. The van der Waals surface area contributed by atoms with E-state index in [1.165, 1.54) is 12.3 Å². The van der Waals surface area contributed by atoms with Crippen molar-refractivity contribution >= 4 is 11.7 Å². The molecule has 1 atom stereocenters. The number of anilines is 1. The maximum atomic E-state index is 12.9. The summed E-state index contributed by atoms with van der Waals surface area (Å²) in [6.07, 6.45) is 8.21. The predicted octanol–water partition coefficient (Wildman–Crippen LogP) is 2.69. The number of rotatable bonds is 6. The van der Waals surface area contributed by atoms with E-state index in [1.807, 2.05) is 0 Å². The molecule has 1 fully saturated rings. The molecule has 0 spiro atoms. The summed E-state index contributed by atoms with van der Waals surface area (Å²) in [6, 6.07) is 0.888. The number of nitrogens with zero attached hydrogens (tertiary/aromatic N) is 1. The minimum atomic E-state index is -0.473. The fourth-order valence-electron chi connectivity index (χ4n) is 2.23. The fraction of sp³-hybridized carbons (Fsp3) is 0.571. The van der Waals surface area contributed by atoms with E-state index in [4.69, 9.17) is 4.74 Å². The number of hydrogen-bond donors (Lipinski definition) is 2. The van der Waals surface area contributed by atoms with Crippen molar-refractivity contribution < 1.29 is 13.9 Å². The van der Waals surface area contributed by atoms with Gasteiger partial charge in [0.15, 0.2) is 0 Å². The van der Waals surface area contributed by atoms with Gasteiger partial charge in [-0.3, -0.25) is 4.98 Å². The number of urea groups is 1. The molecule has 1 aliphatic rings. The maximum Gasteiger partial charge on any atom is 0.319 e. The second-order valence-electron chi connectivity index (χ2n) is 4.90. The summed E-state index contributed by atoms with van der Waals surface area (Å²) in [5.74, 6) is -0.473. The average molecular weight is 281 g/mol. The van der Waals surface area contributed by atoms with Gasteiger partial charge in [0.25, 0.3) is 0 Å². The number of pyridine rings is 1. The van der Waals surface area contributed by atoms with Crippen molar-refractivity contribution in [2.45, 2.75) is 38.2 Å². The highest BCUT2D eigenvalue weighted by molar-refractivity contribution is 5.88. The molecule has 0 radical (unpaired) electrons. The molecular weight excluding hydrogens is 261 g/mol. The van der Waals surface area contributed by atoms with Crippen molar-refractivity contribution in [3.63, 3.8) is 0 Å². The Morgan fingerprint density at radius 2 is 2.35 bits per heavy atom. The molecule has 0 saturated carbocycles. The zero-order chi connectivity index (χ0) is 14.2. The van der Waals surface area contributed by atoms with Gasteiger partial charge in [-0.2, -0.15) is 0 Å². The van der Waals surface area contributed by atoms with Gasteiger partial charge in [0.05, 0.1) is 24.2 Å². The number of nitrogens with one attached hydrogen (secondary N) is 2. The molecule has 1 saturated heterocycles. The first kappa shape index (κ1) is 14.7. The topological polar surface area (TPSA) is 63.2 Å².